The van der Waals surface area contributed by atoms with Crippen LogP contribution >= 0.6 is 0 Å². The lowest BCUT2D eigenvalue weighted by Crippen LogP contribution is -1.93. The molecule has 3 nitrogen and oxygen atoms in total. The highest BCUT2D eigenvalue weighted by molar-refractivity contribution is 6.26. The zero-order valence-electron chi connectivity index (χ0n) is 33.6. The van der Waals surface area contributed by atoms with E-state index in [1.807, 2.05) is 0 Å². The van der Waals surface area contributed by atoms with E-state index in [2.05, 4.69) is 223 Å². The predicted molar refractivity (Wildman–Crippen MR) is 260 cm³/mol. The summed E-state index contributed by atoms with van der Waals surface area (Å²) in [6.07, 6.45) is 0. The molecule has 3 aromatic heterocycles. The maximum absolute atomic E-state index is 7.17. The van der Waals surface area contributed by atoms with E-state index in [1.54, 1.807) is 0 Å². The Morgan fingerprint density at radius 2 is 0.855 bits per heavy atom. The second-order valence-corrected chi connectivity index (χ2v) is 16.2. The smallest absolute Gasteiger partial charge is 0.145 e. The van der Waals surface area contributed by atoms with Crippen LogP contribution in [0.5, 0.6) is 0 Å². The van der Waals surface area contributed by atoms with E-state index in [9.17, 15) is 0 Å². The number of aromatic nitrogens is 2. The summed E-state index contributed by atoms with van der Waals surface area (Å²) in [5.74, 6) is 0. The molecular formula is C59H36N2O. The lowest BCUT2D eigenvalue weighted by atomic mass is 9.92. The third-order valence-corrected chi connectivity index (χ3v) is 12.8. The van der Waals surface area contributed by atoms with Crippen LogP contribution in [0.4, 0.5) is 0 Å². The zero-order chi connectivity index (χ0) is 40.7. The number of rotatable bonds is 5. The molecule has 13 aromatic rings. The second-order valence-electron chi connectivity index (χ2n) is 16.2. The summed E-state index contributed by atoms with van der Waals surface area (Å²) in [4.78, 5) is 5.54. The van der Waals surface area contributed by atoms with Crippen molar-refractivity contribution < 1.29 is 4.42 Å². The van der Waals surface area contributed by atoms with Gasteiger partial charge in [-0.2, -0.15) is 0 Å². The highest BCUT2D eigenvalue weighted by Gasteiger charge is 2.21. The molecule has 3 heteroatoms. The first-order valence-corrected chi connectivity index (χ1v) is 21.2. The van der Waals surface area contributed by atoms with E-state index in [4.69, 9.17) is 9.40 Å². The molecule has 0 N–H and O–H groups in total. The van der Waals surface area contributed by atoms with Crippen LogP contribution in [0.15, 0.2) is 223 Å². The Morgan fingerprint density at radius 1 is 0.306 bits per heavy atom. The summed E-state index contributed by atoms with van der Waals surface area (Å²) in [5, 5.41) is 11.9. The lowest BCUT2D eigenvalue weighted by molar-refractivity contribution is 0.674. The summed E-state index contributed by atoms with van der Waals surface area (Å²) in [7, 11) is 0. The summed E-state index contributed by atoms with van der Waals surface area (Å²) >= 11 is 0. The normalized spacial score (nSPS) is 11.9. The van der Waals surface area contributed by atoms with Crippen molar-refractivity contribution in [2.75, 3.05) is 0 Å². The van der Waals surface area contributed by atoms with Crippen LogP contribution in [-0.4, -0.2) is 9.55 Å². The van der Waals surface area contributed by atoms with Crippen molar-refractivity contribution in [3.8, 4) is 50.5 Å². The maximum atomic E-state index is 7.17. The van der Waals surface area contributed by atoms with Crippen molar-refractivity contribution in [2.24, 2.45) is 0 Å². The van der Waals surface area contributed by atoms with Gasteiger partial charge < -0.3 is 8.98 Å². The highest BCUT2D eigenvalue weighted by atomic mass is 16.3. The largest absolute Gasteiger partial charge is 0.455 e. The van der Waals surface area contributed by atoms with E-state index < -0.39 is 0 Å². The van der Waals surface area contributed by atoms with E-state index in [0.717, 1.165) is 83.1 Å². The molecule has 62 heavy (non-hydrogen) atoms. The molecule has 0 fully saturated rings. The molecule has 0 radical (unpaired) electrons. The third kappa shape index (κ3) is 5.28. The van der Waals surface area contributed by atoms with Gasteiger partial charge in [-0.15, -0.1) is 0 Å². The molecule has 13 rings (SSSR count). The van der Waals surface area contributed by atoms with Crippen molar-refractivity contribution in [2.45, 2.75) is 0 Å². The van der Waals surface area contributed by atoms with Gasteiger partial charge in [0.15, 0.2) is 0 Å². The summed E-state index contributed by atoms with van der Waals surface area (Å²) in [5.41, 5.74) is 13.5. The molecule has 0 saturated heterocycles. The van der Waals surface area contributed by atoms with Crippen molar-refractivity contribution in [3.05, 3.63) is 218 Å². The van der Waals surface area contributed by atoms with Crippen LogP contribution in [0.3, 0.4) is 0 Å². The number of benzene rings is 10. The van der Waals surface area contributed by atoms with Gasteiger partial charge in [0.05, 0.1) is 27.8 Å². The minimum Gasteiger partial charge on any atom is -0.455 e. The van der Waals surface area contributed by atoms with E-state index in [1.165, 1.54) is 43.4 Å². The van der Waals surface area contributed by atoms with Crippen LogP contribution in [0.1, 0.15) is 0 Å². The first-order chi connectivity index (χ1) is 30.7. The SMILES string of the molecule is c1ccc(-c2cccc(-c3cc(-c4ccc5c6ccccc6c6ccccc6c5c4)nc(-c4cccc5c4oc4c5ccc5c4c4ccccc4n5-c4ccccc4)c3)c2)cc1. The third-order valence-electron chi connectivity index (χ3n) is 12.8. The first kappa shape index (κ1) is 34.6. The maximum Gasteiger partial charge on any atom is 0.145 e. The number of hydrogen-bond acceptors (Lipinski definition) is 2. The standard InChI is InChI=1S/C59H36N2O/c1-3-15-37(16-4-1)38-17-13-18-39(33-38)41-35-53(40-29-30-47-45-23-8-7-21-43(45)44-22-9-10-24-46(44)52(47)34-40)60-54(36-41)50-27-14-26-48-49-31-32-56-57(59(49)62-58(48)50)51-25-11-12-28-55(51)61(56)42-19-5-2-6-20-42/h1-36H. The van der Waals surface area contributed by atoms with Gasteiger partial charge in [0.1, 0.15) is 11.2 Å². The zero-order valence-corrected chi connectivity index (χ0v) is 33.6. The fourth-order valence-corrected chi connectivity index (χ4v) is 9.92. The lowest BCUT2D eigenvalue weighted by Gasteiger charge is -2.14. The summed E-state index contributed by atoms with van der Waals surface area (Å²) in [6, 6.07) is 78.4. The molecule has 0 saturated carbocycles. The minimum atomic E-state index is 0.830. The van der Waals surface area contributed by atoms with Crippen LogP contribution < -0.4 is 0 Å². The van der Waals surface area contributed by atoms with Crippen LogP contribution in [0, 0.1) is 0 Å². The van der Waals surface area contributed by atoms with Gasteiger partial charge in [-0.1, -0.05) is 158 Å². The number of para-hydroxylation sites is 3. The number of furan rings is 1. The second kappa shape index (κ2) is 13.6. The average Bonchev–Trinajstić information content (AvgIpc) is 3.90. The molecule has 288 valence electrons. The molecule has 0 atom stereocenters. The van der Waals surface area contributed by atoms with Crippen molar-refractivity contribution >= 4 is 76.1 Å². The van der Waals surface area contributed by atoms with Crippen LogP contribution in [0.2, 0.25) is 0 Å². The Hall–Kier alpha value is -8.27. The predicted octanol–water partition coefficient (Wildman–Crippen LogP) is 16.2. The van der Waals surface area contributed by atoms with Crippen molar-refractivity contribution in [1.29, 1.82) is 0 Å². The fraction of sp³-hybridized carbons (Fsp3) is 0. The summed E-state index contributed by atoms with van der Waals surface area (Å²) in [6.45, 7) is 0. The quantitative estimate of drug-likeness (QED) is 0.163. The minimum absolute atomic E-state index is 0.830. The Kier molecular flexibility index (Phi) is 7.60. The van der Waals surface area contributed by atoms with Gasteiger partial charge in [0, 0.05) is 33.0 Å². The molecule has 3 heterocycles. The van der Waals surface area contributed by atoms with E-state index >= 15 is 0 Å². The van der Waals surface area contributed by atoms with Gasteiger partial charge in [0.25, 0.3) is 0 Å². The van der Waals surface area contributed by atoms with Crippen LogP contribution in [0.25, 0.3) is 127 Å². The monoisotopic (exact) mass is 788 g/mol. The molecule has 0 aliphatic rings. The number of hydrogen-bond donors (Lipinski definition) is 0. The molecular weight excluding hydrogens is 753 g/mol. The molecule has 0 aliphatic carbocycles. The van der Waals surface area contributed by atoms with E-state index in [-0.39, 0.29) is 0 Å². The van der Waals surface area contributed by atoms with Gasteiger partial charge in [-0.3, -0.25) is 0 Å². The van der Waals surface area contributed by atoms with Gasteiger partial charge >= 0.3 is 0 Å². The Labute approximate surface area is 357 Å². The summed E-state index contributed by atoms with van der Waals surface area (Å²) < 4.78 is 9.51. The molecule has 0 aliphatic heterocycles. The number of pyridine rings is 1. The molecule has 10 aromatic carbocycles. The Balaban J connectivity index is 1.06. The van der Waals surface area contributed by atoms with E-state index in [0.29, 0.717) is 0 Å². The topological polar surface area (TPSA) is 31.0 Å². The van der Waals surface area contributed by atoms with Gasteiger partial charge in [-0.25, -0.2) is 4.98 Å². The molecule has 0 unspecified atom stereocenters. The molecule has 0 spiro atoms. The number of nitrogens with zero attached hydrogens (tertiary/aromatic N) is 2. The average molecular weight is 789 g/mol. The fourth-order valence-electron chi connectivity index (χ4n) is 9.92. The molecule has 0 bridgehead atoms. The Morgan fingerprint density at radius 3 is 1.61 bits per heavy atom. The highest BCUT2D eigenvalue weighted by Crippen LogP contribution is 2.44. The first-order valence-electron chi connectivity index (χ1n) is 21.2. The number of fused-ring (bicyclic) bond motifs is 13. The van der Waals surface area contributed by atoms with Gasteiger partial charge in [-0.05, 0) is 115 Å². The van der Waals surface area contributed by atoms with Crippen molar-refractivity contribution in [3.63, 3.8) is 0 Å². The molecule has 0 amide bonds. The van der Waals surface area contributed by atoms with Gasteiger partial charge in [0.2, 0.25) is 0 Å². The van der Waals surface area contributed by atoms with Crippen molar-refractivity contribution in [1.82, 2.24) is 9.55 Å². The van der Waals surface area contributed by atoms with Crippen LogP contribution in [-0.2, 0) is 0 Å². The Bertz CT molecular complexity index is 3880.